The first-order valence-electron chi connectivity index (χ1n) is 6.72. The summed E-state index contributed by atoms with van der Waals surface area (Å²) in [6.07, 6.45) is 0.888. The second kappa shape index (κ2) is 6.44. The number of para-hydroxylation sites is 2. The van der Waals surface area contributed by atoms with Gasteiger partial charge >= 0.3 is 6.09 Å². The molecule has 3 rings (SSSR count). The maximum Gasteiger partial charge on any atom is 0.414 e. The molecule has 0 bridgehead atoms. The summed E-state index contributed by atoms with van der Waals surface area (Å²) in [7, 11) is 0. The standard InChI is InChI=1S/C15H11Cl2N3O3/c16-10-7-9(8-18-13(10)17)14(21)19-11-3-1-2-4-12(11)20-5-6-23-15(20)22/h1-4,7-8H,5-6H2,(H,19,21). The minimum atomic E-state index is -0.442. The van der Waals surface area contributed by atoms with Crippen LogP contribution in [0.3, 0.4) is 0 Å². The molecule has 1 aliphatic rings. The van der Waals surface area contributed by atoms with Crippen LogP contribution in [0.25, 0.3) is 0 Å². The number of hydrogen-bond donors (Lipinski definition) is 1. The number of halogens is 2. The Morgan fingerprint density at radius 3 is 2.78 bits per heavy atom. The van der Waals surface area contributed by atoms with Crippen molar-refractivity contribution in [2.45, 2.75) is 0 Å². The Bertz CT molecular complexity index is 782. The highest BCUT2D eigenvalue weighted by Gasteiger charge is 2.26. The fourth-order valence-electron chi connectivity index (χ4n) is 2.17. The molecule has 0 atom stereocenters. The molecule has 1 saturated heterocycles. The lowest BCUT2D eigenvalue weighted by molar-refractivity contribution is 0.102. The second-order valence-corrected chi connectivity index (χ2v) is 5.50. The molecule has 1 N–H and O–H groups in total. The number of anilines is 2. The number of nitrogens with zero attached hydrogens (tertiary/aromatic N) is 2. The van der Waals surface area contributed by atoms with Gasteiger partial charge in [0.15, 0.2) is 0 Å². The third kappa shape index (κ3) is 3.23. The predicted octanol–water partition coefficient (Wildman–Crippen LogP) is 3.60. The molecule has 2 amide bonds. The van der Waals surface area contributed by atoms with Crippen molar-refractivity contribution in [3.8, 4) is 0 Å². The van der Waals surface area contributed by atoms with Crippen LogP contribution in [0.15, 0.2) is 36.5 Å². The Hall–Kier alpha value is -2.31. The van der Waals surface area contributed by atoms with Crippen LogP contribution >= 0.6 is 23.2 Å². The molecule has 0 saturated carbocycles. The van der Waals surface area contributed by atoms with E-state index in [2.05, 4.69) is 10.3 Å². The third-order valence-corrected chi connectivity index (χ3v) is 3.95. The van der Waals surface area contributed by atoms with E-state index in [9.17, 15) is 9.59 Å². The van der Waals surface area contributed by atoms with Gasteiger partial charge in [0.05, 0.1) is 28.5 Å². The second-order valence-electron chi connectivity index (χ2n) is 4.73. The summed E-state index contributed by atoms with van der Waals surface area (Å²) in [5.41, 5.74) is 1.32. The zero-order chi connectivity index (χ0) is 16.4. The maximum absolute atomic E-state index is 12.3. The fraction of sp³-hybridized carbons (Fsp3) is 0.133. The molecule has 1 fully saturated rings. The molecule has 0 radical (unpaired) electrons. The number of ether oxygens (including phenoxy) is 1. The van der Waals surface area contributed by atoms with E-state index in [1.54, 1.807) is 24.3 Å². The van der Waals surface area contributed by atoms with Crippen LogP contribution in [-0.2, 0) is 4.74 Å². The first-order valence-corrected chi connectivity index (χ1v) is 7.47. The Kier molecular flexibility index (Phi) is 4.36. The summed E-state index contributed by atoms with van der Waals surface area (Å²) in [4.78, 5) is 29.4. The van der Waals surface area contributed by atoms with Gasteiger partial charge in [-0.1, -0.05) is 35.3 Å². The number of rotatable bonds is 3. The SMILES string of the molecule is O=C(Nc1ccccc1N1CCOC1=O)c1cnc(Cl)c(Cl)c1. The molecule has 0 spiro atoms. The van der Waals surface area contributed by atoms with Crippen LogP contribution in [0.5, 0.6) is 0 Å². The highest BCUT2D eigenvalue weighted by atomic mass is 35.5. The molecule has 118 valence electrons. The smallest absolute Gasteiger partial charge is 0.414 e. The molecule has 2 heterocycles. The molecular formula is C15H11Cl2N3O3. The minimum Gasteiger partial charge on any atom is -0.447 e. The van der Waals surface area contributed by atoms with Crippen molar-refractivity contribution in [1.29, 1.82) is 0 Å². The average Bonchev–Trinajstić information content (AvgIpc) is 2.96. The van der Waals surface area contributed by atoms with Crippen molar-refractivity contribution in [2.24, 2.45) is 0 Å². The van der Waals surface area contributed by atoms with Crippen molar-refractivity contribution in [3.63, 3.8) is 0 Å². The zero-order valence-corrected chi connectivity index (χ0v) is 13.3. The summed E-state index contributed by atoms with van der Waals surface area (Å²) >= 11 is 11.6. The van der Waals surface area contributed by atoms with Crippen molar-refractivity contribution < 1.29 is 14.3 Å². The lowest BCUT2D eigenvalue weighted by Gasteiger charge is -2.17. The van der Waals surface area contributed by atoms with E-state index in [0.717, 1.165) is 0 Å². The first kappa shape index (κ1) is 15.6. The molecule has 0 aliphatic carbocycles. The lowest BCUT2D eigenvalue weighted by Crippen LogP contribution is -2.25. The molecular weight excluding hydrogens is 341 g/mol. The number of hydrogen-bond acceptors (Lipinski definition) is 4. The molecule has 1 aromatic heterocycles. The van der Waals surface area contributed by atoms with Gasteiger partial charge in [-0.3, -0.25) is 9.69 Å². The van der Waals surface area contributed by atoms with Gasteiger partial charge in [0, 0.05) is 6.20 Å². The molecule has 2 aromatic rings. The summed E-state index contributed by atoms with van der Waals surface area (Å²) < 4.78 is 4.93. The van der Waals surface area contributed by atoms with Crippen LogP contribution in [0.4, 0.5) is 16.2 Å². The van der Waals surface area contributed by atoms with Gasteiger partial charge in [0.25, 0.3) is 5.91 Å². The van der Waals surface area contributed by atoms with Gasteiger partial charge in [-0.05, 0) is 18.2 Å². The number of benzene rings is 1. The number of pyridine rings is 1. The van der Waals surface area contributed by atoms with E-state index >= 15 is 0 Å². The number of carbonyl (C=O) groups excluding carboxylic acids is 2. The van der Waals surface area contributed by atoms with Crippen LogP contribution in [-0.4, -0.2) is 30.1 Å². The molecule has 23 heavy (non-hydrogen) atoms. The molecule has 1 aliphatic heterocycles. The average molecular weight is 352 g/mol. The zero-order valence-electron chi connectivity index (χ0n) is 11.8. The largest absolute Gasteiger partial charge is 0.447 e. The van der Waals surface area contributed by atoms with Gasteiger partial charge in [0.1, 0.15) is 11.8 Å². The van der Waals surface area contributed by atoms with E-state index in [-0.39, 0.29) is 15.7 Å². The summed E-state index contributed by atoms with van der Waals surface area (Å²) in [5, 5.41) is 3.06. The Morgan fingerprint density at radius 2 is 2.09 bits per heavy atom. The number of aromatic nitrogens is 1. The van der Waals surface area contributed by atoms with E-state index in [0.29, 0.717) is 24.5 Å². The molecule has 8 heteroatoms. The highest BCUT2D eigenvalue weighted by molar-refractivity contribution is 6.41. The van der Waals surface area contributed by atoms with Crippen molar-refractivity contribution in [1.82, 2.24) is 4.98 Å². The van der Waals surface area contributed by atoms with Crippen LogP contribution in [0, 0.1) is 0 Å². The topological polar surface area (TPSA) is 71.5 Å². The number of carbonyl (C=O) groups is 2. The summed E-state index contributed by atoms with van der Waals surface area (Å²) in [5.74, 6) is -0.406. The van der Waals surface area contributed by atoms with E-state index in [4.69, 9.17) is 27.9 Å². The molecule has 6 nitrogen and oxygen atoms in total. The first-order chi connectivity index (χ1) is 11.1. The third-order valence-electron chi connectivity index (χ3n) is 3.26. The number of cyclic esters (lactones) is 1. The Labute approximate surface area is 142 Å². The van der Waals surface area contributed by atoms with Crippen molar-refractivity contribution in [3.05, 3.63) is 52.3 Å². The van der Waals surface area contributed by atoms with Crippen LogP contribution in [0.1, 0.15) is 10.4 Å². The van der Waals surface area contributed by atoms with Gasteiger partial charge in [-0.25, -0.2) is 9.78 Å². The summed E-state index contributed by atoms with van der Waals surface area (Å²) in [6, 6.07) is 8.39. The maximum atomic E-state index is 12.3. The number of amides is 2. The van der Waals surface area contributed by atoms with E-state index < -0.39 is 12.0 Å². The normalized spacial score (nSPS) is 13.8. The minimum absolute atomic E-state index is 0.128. The van der Waals surface area contributed by atoms with Gasteiger partial charge < -0.3 is 10.1 Å². The fourth-order valence-corrected chi connectivity index (χ4v) is 2.44. The van der Waals surface area contributed by atoms with Gasteiger partial charge in [-0.2, -0.15) is 0 Å². The summed E-state index contributed by atoms with van der Waals surface area (Å²) in [6.45, 7) is 0.748. The highest BCUT2D eigenvalue weighted by Crippen LogP contribution is 2.28. The predicted molar refractivity (Wildman–Crippen MR) is 87.3 cm³/mol. The Balaban J connectivity index is 1.86. The van der Waals surface area contributed by atoms with Gasteiger partial charge in [-0.15, -0.1) is 0 Å². The van der Waals surface area contributed by atoms with E-state index in [1.165, 1.54) is 17.2 Å². The van der Waals surface area contributed by atoms with Crippen molar-refractivity contribution in [2.75, 3.05) is 23.4 Å². The lowest BCUT2D eigenvalue weighted by atomic mass is 10.2. The van der Waals surface area contributed by atoms with Crippen LogP contribution < -0.4 is 10.2 Å². The number of nitrogens with one attached hydrogen (secondary N) is 1. The quantitative estimate of drug-likeness (QED) is 0.857. The van der Waals surface area contributed by atoms with Crippen molar-refractivity contribution >= 4 is 46.6 Å². The molecule has 1 aromatic carbocycles. The van der Waals surface area contributed by atoms with Crippen LogP contribution in [0.2, 0.25) is 10.2 Å². The van der Waals surface area contributed by atoms with E-state index in [1.807, 2.05) is 0 Å². The van der Waals surface area contributed by atoms with Gasteiger partial charge in [0.2, 0.25) is 0 Å². The molecule has 0 unspecified atom stereocenters. The monoisotopic (exact) mass is 351 g/mol. The Morgan fingerprint density at radius 1 is 1.30 bits per heavy atom.